The van der Waals surface area contributed by atoms with E-state index in [1.165, 1.54) is 63.4 Å². The van der Waals surface area contributed by atoms with Gasteiger partial charge in [-0.25, -0.2) is 0 Å². The van der Waals surface area contributed by atoms with Gasteiger partial charge in [0.15, 0.2) is 0 Å². The molecule has 2 aliphatic heterocycles. The molecule has 2 aliphatic rings. The topological polar surface area (TPSA) is 25.8 Å². The Bertz CT molecular complexity index is 2260. The summed E-state index contributed by atoms with van der Waals surface area (Å²) < 4.78 is 0. The summed E-state index contributed by atoms with van der Waals surface area (Å²) >= 11 is 3.73. The number of aromatic nitrogens is 2. The molecular formula is C41H29BIrN2S2-2. The van der Waals surface area contributed by atoms with E-state index in [9.17, 15) is 0 Å². The average molecular weight is 817 g/mol. The van der Waals surface area contributed by atoms with Gasteiger partial charge in [0.25, 0.3) is 0 Å². The van der Waals surface area contributed by atoms with Gasteiger partial charge in [0.2, 0.25) is 6.71 Å². The van der Waals surface area contributed by atoms with Crippen molar-refractivity contribution in [3.8, 4) is 22.5 Å². The Hall–Kier alpha value is -3.93. The molecule has 0 saturated carbocycles. The SMILES string of the molecule is Cc1c[c-]c(-c2cc(C)c(C)cn2)cc1.[Ir].[c-]1cc2c3c(c1-c1cc4ccccc4cn1)Sc1ccccc1B3c1ccccc1S2. The minimum Gasteiger partial charge on any atom is -0.304 e. The molecule has 5 aromatic carbocycles. The molecule has 7 aromatic rings. The van der Waals surface area contributed by atoms with Crippen LogP contribution in [-0.4, -0.2) is 16.7 Å². The summed E-state index contributed by atoms with van der Waals surface area (Å²) in [6, 6.07) is 45.5. The molecule has 0 N–H and O–H groups in total. The van der Waals surface area contributed by atoms with Crippen LogP contribution in [0.3, 0.4) is 0 Å². The van der Waals surface area contributed by atoms with Crippen molar-refractivity contribution in [2.24, 2.45) is 0 Å². The van der Waals surface area contributed by atoms with Crippen LogP contribution in [0.4, 0.5) is 0 Å². The van der Waals surface area contributed by atoms with E-state index in [4.69, 9.17) is 4.98 Å². The van der Waals surface area contributed by atoms with Crippen LogP contribution in [0.25, 0.3) is 33.3 Å². The average Bonchev–Trinajstić information content (AvgIpc) is 3.10. The van der Waals surface area contributed by atoms with Crippen LogP contribution in [-0.2, 0) is 20.1 Å². The first-order valence-corrected chi connectivity index (χ1v) is 17.1. The van der Waals surface area contributed by atoms with Crippen molar-refractivity contribution < 1.29 is 20.1 Å². The van der Waals surface area contributed by atoms with Crippen LogP contribution in [0.1, 0.15) is 16.7 Å². The Kier molecular flexibility index (Phi) is 8.96. The van der Waals surface area contributed by atoms with E-state index in [1.54, 1.807) is 0 Å². The number of hydrogen-bond donors (Lipinski definition) is 0. The van der Waals surface area contributed by atoms with Gasteiger partial charge >= 0.3 is 0 Å². The standard InChI is InChI=1S/C27H15BNS2.C14H14N.Ir/c1-2-8-18-16-29-22(15-17(18)7-1)19-13-14-25-26-27(19)31-24-12-6-4-10-21(24)28(26)20-9-3-5-11-23(20)30-25;1-10-4-6-13(7-5-10)14-8-11(2)12(3)9-15-14;/h1-12,14-16H;4-6,8-9H,1-3H3;/q2*-1;. The molecule has 47 heavy (non-hydrogen) atoms. The molecule has 229 valence electrons. The van der Waals surface area contributed by atoms with E-state index in [0.29, 0.717) is 0 Å². The zero-order valence-electron chi connectivity index (χ0n) is 26.2. The maximum atomic E-state index is 4.83. The van der Waals surface area contributed by atoms with Gasteiger partial charge in [0.1, 0.15) is 0 Å². The molecule has 1 radical (unpaired) electrons. The van der Waals surface area contributed by atoms with E-state index < -0.39 is 0 Å². The smallest absolute Gasteiger partial charge is 0.227 e. The number of rotatable bonds is 2. The van der Waals surface area contributed by atoms with E-state index in [0.717, 1.165) is 22.5 Å². The molecule has 0 atom stereocenters. The monoisotopic (exact) mass is 817 g/mol. The summed E-state index contributed by atoms with van der Waals surface area (Å²) in [5.41, 5.74) is 12.1. The molecule has 0 amide bonds. The molecular weight excluding hydrogens is 788 g/mol. The number of hydrogen-bond acceptors (Lipinski definition) is 4. The second-order valence-electron chi connectivity index (χ2n) is 11.8. The van der Waals surface area contributed by atoms with Crippen LogP contribution in [0.5, 0.6) is 0 Å². The van der Waals surface area contributed by atoms with Crippen LogP contribution in [0.15, 0.2) is 141 Å². The zero-order valence-corrected chi connectivity index (χ0v) is 30.2. The Morgan fingerprint density at radius 1 is 0.596 bits per heavy atom. The first kappa shape index (κ1) is 31.7. The number of aryl methyl sites for hydroxylation is 3. The minimum atomic E-state index is 0. The van der Waals surface area contributed by atoms with Crippen LogP contribution in [0.2, 0.25) is 0 Å². The molecule has 4 heterocycles. The number of benzene rings is 5. The predicted octanol–water partition coefficient (Wildman–Crippen LogP) is 8.62. The molecule has 0 saturated heterocycles. The number of nitrogens with zero attached hydrogens (tertiary/aromatic N) is 2. The Labute approximate surface area is 298 Å². The third kappa shape index (κ3) is 6.01. The van der Waals surface area contributed by atoms with Crippen LogP contribution < -0.4 is 16.4 Å². The Morgan fingerprint density at radius 3 is 2.00 bits per heavy atom. The normalized spacial score (nSPS) is 12.2. The third-order valence-electron chi connectivity index (χ3n) is 8.77. The second kappa shape index (κ2) is 13.3. The summed E-state index contributed by atoms with van der Waals surface area (Å²) in [7, 11) is 0. The summed E-state index contributed by atoms with van der Waals surface area (Å²) in [5.74, 6) is 0. The first-order valence-electron chi connectivity index (χ1n) is 15.4. The summed E-state index contributed by atoms with van der Waals surface area (Å²) in [4.78, 5) is 14.5. The maximum Gasteiger partial charge on any atom is 0.227 e. The van der Waals surface area contributed by atoms with Gasteiger partial charge in [-0.05, 0) is 63.5 Å². The molecule has 0 aliphatic carbocycles. The quantitative estimate of drug-likeness (QED) is 0.129. The molecule has 0 spiro atoms. The van der Waals surface area contributed by atoms with Crippen molar-refractivity contribution in [1.29, 1.82) is 0 Å². The first-order chi connectivity index (χ1) is 22.5. The van der Waals surface area contributed by atoms with Gasteiger partial charge in [-0.15, -0.1) is 82.1 Å². The molecule has 6 heteroatoms. The summed E-state index contributed by atoms with van der Waals surface area (Å²) in [6.07, 6.45) is 3.89. The third-order valence-corrected chi connectivity index (χ3v) is 11.1. The van der Waals surface area contributed by atoms with Crippen molar-refractivity contribution in [3.63, 3.8) is 0 Å². The van der Waals surface area contributed by atoms with Gasteiger partial charge in [-0.3, -0.25) is 0 Å². The Morgan fingerprint density at radius 2 is 1.28 bits per heavy atom. The van der Waals surface area contributed by atoms with E-state index in [-0.39, 0.29) is 26.8 Å². The van der Waals surface area contributed by atoms with Crippen molar-refractivity contribution in [3.05, 3.63) is 150 Å². The van der Waals surface area contributed by atoms with Crippen molar-refractivity contribution in [2.75, 3.05) is 0 Å². The largest absolute Gasteiger partial charge is 0.304 e. The fourth-order valence-electron chi connectivity index (χ4n) is 6.17. The minimum absolute atomic E-state index is 0. The van der Waals surface area contributed by atoms with E-state index >= 15 is 0 Å². The number of pyridine rings is 2. The van der Waals surface area contributed by atoms with Gasteiger partial charge in [0.05, 0.1) is 0 Å². The number of fused-ring (bicyclic) bond motifs is 5. The summed E-state index contributed by atoms with van der Waals surface area (Å²) in [5, 5.41) is 2.38. The van der Waals surface area contributed by atoms with Gasteiger partial charge in [-0.2, -0.15) is 0 Å². The Balaban J connectivity index is 0.000000186. The van der Waals surface area contributed by atoms with Crippen molar-refractivity contribution in [2.45, 2.75) is 40.4 Å². The van der Waals surface area contributed by atoms with Gasteiger partial charge in [-0.1, -0.05) is 106 Å². The fraction of sp³-hybridized carbons (Fsp3) is 0.0732. The second-order valence-corrected chi connectivity index (χ2v) is 14.0. The van der Waals surface area contributed by atoms with Crippen molar-refractivity contribution in [1.82, 2.24) is 9.97 Å². The molecule has 0 bridgehead atoms. The molecule has 2 nitrogen and oxygen atoms in total. The predicted molar refractivity (Wildman–Crippen MR) is 195 cm³/mol. The van der Waals surface area contributed by atoms with Gasteiger partial charge in [0, 0.05) is 32.5 Å². The maximum absolute atomic E-state index is 4.83. The van der Waals surface area contributed by atoms with E-state index in [2.05, 4.69) is 141 Å². The zero-order chi connectivity index (χ0) is 31.2. The molecule has 9 rings (SSSR count). The van der Waals surface area contributed by atoms with Crippen LogP contribution in [0, 0.1) is 32.9 Å². The van der Waals surface area contributed by atoms with E-state index in [1.807, 2.05) is 42.0 Å². The molecule has 2 aromatic heterocycles. The summed E-state index contributed by atoms with van der Waals surface area (Å²) in [6.45, 7) is 6.50. The van der Waals surface area contributed by atoms with Gasteiger partial charge < -0.3 is 9.97 Å². The van der Waals surface area contributed by atoms with Crippen molar-refractivity contribution >= 4 is 57.4 Å². The molecule has 0 unspecified atom stereocenters. The van der Waals surface area contributed by atoms with Crippen LogP contribution >= 0.6 is 23.5 Å². The molecule has 0 fully saturated rings. The fourth-order valence-corrected chi connectivity index (χ4v) is 8.64.